The first-order valence-electron chi connectivity index (χ1n) is 7.87. The van der Waals surface area contributed by atoms with Gasteiger partial charge >= 0.3 is 0 Å². The predicted molar refractivity (Wildman–Crippen MR) is 87.5 cm³/mol. The van der Waals surface area contributed by atoms with Gasteiger partial charge < -0.3 is 0 Å². The van der Waals surface area contributed by atoms with Crippen LogP contribution >= 0.6 is 0 Å². The maximum absolute atomic E-state index is 5.95. The Bertz CT molecular complexity index is 378. The van der Waals surface area contributed by atoms with E-state index in [1.165, 1.54) is 11.1 Å². The Labute approximate surface area is 124 Å². The zero-order valence-corrected chi connectivity index (χ0v) is 13.7. The minimum absolute atomic E-state index is 0.0630. The van der Waals surface area contributed by atoms with Crippen molar-refractivity contribution in [2.45, 2.75) is 59.0 Å². The van der Waals surface area contributed by atoms with E-state index in [-0.39, 0.29) is 11.6 Å². The first-order chi connectivity index (χ1) is 9.59. The van der Waals surface area contributed by atoms with Gasteiger partial charge in [-0.25, -0.2) is 0 Å². The minimum atomic E-state index is 0.0630. The van der Waals surface area contributed by atoms with Gasteiger partial charge in [0.15, 0.2) is 0 Å². The molecular weight excluding hydrogens is 246 g/mol. The molecule has 0 bridgehead atoms. The van der Waals surface area contributed by atoms with E-state index in [1.54, 1.807) is 0 Å². The Morgan fingerprint density at radius 3 is 1.90 bits per heavy atom. The molecule has 0 fully saturated rings. The first-order valence-corrected chi connectivity index (χ1v) is 7.87. The average Bonchev–Trinajstić information content (AvgIpc) is 2.49. The number of likely N-dealkylation sites (N-methyl/N-ethyl adjacent to an activating group) is 1. The van der Waals surface area contributed by atoms with Crippen LogP contribution in [0, 0.1) is 6.92 Å². The van der Waals surface area contributed by atoms with Gasteiger partial charge in [-0.1, -0.05) is 57.5 Å². The Balaban J connectivity index is 3.24. The van der Waals surface area contributed by atoms with E-state index in [0.717, 1.165) is 25.9 Å². The van der Waals surface area contributed by atoms with Crippen molar-refractivity contribution < 1.29 is 0 Å². The van der Waals surface area contributed by atoms with Gasteiger partial charge in [-0.15, -0.1) is 0 Å². The average molecular weight is 277 g/mol. The lowest BCUT2D eigenvalue weighted by Gasteiger charge is -2.48. The molecular formula is C17H31N3. The molecule has 0 aliphatic rings. The van der Waals surface area contributed by atoms with Crippen molar-refractivity contribution in [1.29, 1.82) is 0 Å². The summed E-state index contributed by atoms with van der Waals surface area (Å²) >= 11 is 0. The molecule has 0 aliphatic heterocycles. The predicted octanol–water partition coefficient (Wildman–Crippen LogP) is 3.40. The first kappa shape index (κ1) is 17.2. The second-order valence-corrected chi connectivity index (χ2v) is 5.49. The molecule has 0 heterocycles. The smallest absolute Gasteiger partial charge is 0.0643 e. The van der Waals surface area contributed by atoms with Crippen molar-refractivity contribution in [2.75, 3.05) is 13.1 Å². The molecule has 1 rings (SSSR count). The highest BCUT2D eigenvalue weighted by molar-refractivity contribution is 5.27. The van der Waals surface area contributed by atoms with Gasteiger partial charge in [0.2, 0.25) is 0 Å². The fraction of sp³-hybridized carbons (Fsp3) is 0.647. The molecule has 20 heavy (non-hydrogen) atoms. The molecule has 0 amide bonds. The van der Waals surface area contributed by atoms with Crippen molar-refractivity contribution in [1.82, 2.24) is 10.3 Å². The van der Waals surface area contributed by atoms with Gasteiger partial charge in [0.05, 0.1) is 6.04 Å². The molecule has 3 N–H and O–H groups in total. The topological polar surface area (TPSA) is 41.3 Å². The van der Waals surface area contributed by atoms with Crippen LogP contribution in [0.25, 0.3) is 0 Å². The van der Waals surface area contributed by atoms with Crippen molar-refractivity contribution in [3.63, 3.8) is 0 Å². The Kier molecular flexibility index (Phi) is 6.66. The maximum Gasteiger partial charge on any atom is 0.0643 e. The molecule has 1 aromatic carbocycles. The van der Waals surface area contributed by atoms with Gasteiger partial charge in [0, 0.05) is 5.54 Å². The van der Waals surface area contributed by atoms with Gasteiger partial charge in [-0.2, -0.15) is 0 Å². The summed E-state index contributed by atoms with van der Waals surface area (Å²) in [6.45, 7) is 13.2. The number of hydrogen-bond donors (Lipinski definition) is 2. The number of rotatable bonds is 8. The normalized spacial score (nSPS) is 13.8. The quantitative estimate of drug-likeness (QED) is 0.565. The van der Waals surface area contributed by atoms with E-state index in [4.69, 9.17) is 5.84 Å². The highest BCUT2D eigenvalue weighted by Crippen LogP contribution is 2.36. The molecule has 1 atom stereocenters. The minimum Gasteiger partial charge on any atom is -0.296 e. The summed E-state index contributed by atoms with van der Waals surface area (Å²) in [6.07, 6.45) is 2.15. The van der Waals surface area contributed by atoms with Crippen molar-refractivity contribution in [3.05, 3.63) is 35.4 Å². The Morgan fingerprint density at radius 2 is 1.55 bits per heavy atom. The van der Waals surface area contributed by atoms with E-state index in [1.807, 2.05) is 0 Å². The summed E-state index contributed by atoms with van der Waals surface area (Å²) in [7, 11) is 0. The summed E-state index contributed by atoms with van der Waals surface area (Å²) in [4.78, 5) is 2.54. The number of benzene rings is 1. The van der Waals surface area contributed by atoms with Crippen LogP contribution in [0.3, 0.4) is 0 Å². The zero-order chi connectivity index (χ0) is 15.2. The molecule has 0 aliphatic carbocycles. The zero-order valence-electron chi connectivity index (χ0n) is 13.7. The number of aryl methyl sites for hydroxylation is 1. The van der Waals surface area contributed by atoms with Crippen molar-refractivity contribution >= 4 is 0 Å². The molecule has 1 unspecified atom stereocenters. The van der Waals surface area contributed by atoms with E-state index in [9.17, 15) is 0 Å². The molecule has 1 aromatic rings. The highest BCUT2D eigenvalue weighted by atomic mass is 15.3. The van der Waals surface area contributed by atoms with Crippen molar-refractivity contribution in [2.24, 2.45) is 5.84 Å². The third-order valence-electron chi connectivity index (χ3n) is 4.73. The van der Waals surface area contributed by atoms with E-state index < -0.39 is 0 Å². The third-order valence-corrected chi connectivity index (χ3v) is 4.73. The SMILES string of the molecule is CCN(CC)C(CC)(CC)C(NN)c1ccc(C)cc1. The van der Waals surface area contributed by atoms with Crippen LogP contribution in [-0.4, -0.2) is 23.5 Å². The van der Waals surface area contributed by atoms with Crippen LogP contribution < -0.4 is 11.3 Å². The summed E-state index contributed by atoms with van der Waals surface area (Å²) in [5, 5.41) is 0. The summed E-state index contributed by atoms with van der Waals surface area (Å²) in [5.41, 5.74) is 5.71. The van der Waals surface area contributed by atoms with Crippen LogP contribution in [0.4, 0.5) is 0 Å². The van der Waals surface area contributed by atoms with Crippen LogP contribution in [0.15, 0.2) is 24.3 Å². The Hall–Kier alpha value is -0.900. The number of nitrogens with one attached hydrogen (secondary N) is 1. The monoisotopic (exact) mass is 277 g/mol. The summed E-state index contributed by atoms with van der Waals surface area (Å²) < 4.78 is 0. The van der Waals surface area contributed by atoms with Gasteiger partial charge in [0.1, 0.15) is 0 Å². The van der Waals surface area contributed by atoms with Gasteiger partial charge in [0.25, 0.3) is 0 Å². The fourth-order valence-electron chi connectivity index (χ4n) is 3.46. The molecule has 0 saturated heterocycles. The fourth-order valence-corrected chi connectivity index (χ4v) is 3.46. The molecule has 114 valence electrons. The Morgan fingerprint density at radius 1 is 1.05 bits per heavy atom. The van der Waals surface area contributed by atoms with Crippen LogP contribution in [0.2, 0.25) is 0 Å². The number of hydrogen-bond acceptors (Lipinski definition) is 3. The maximum atomic E-state index is 5.95. The number of nitrogens with zero attached hydrogens (tertiary/aromatic N) is 1. The molecule has 3 nitrogen and oxygen atoms in total. The summed E-state index contributed by atoms with van der Waals surface area (Å²) in [5.74, 6) is 5.95. The van der Waals surface area contributed by atoms with E-state index in [0.29, 0.717) is 0 Å². The lowest BCUT2D eigenvalue weighted by molar-refractivity contribution is 0.0487. The van der Waals surface area contributed by atoms with Gasteiger partial charge in [-0.05, 0) is 38.4 Å². The molecule has 0 radical (unpaired) electrons. The number of nitrogens with two attached hydrogens (primary N) is 1. The third kappa shape index (κ3) is 3.22. The lowest BCUT2D eigenvalue weighted by atomic mass is 9.79. The van der Waals surface area contributed by atoms with Crippen LogP contribution in [0.5, 0.6) is 0 Å². The molecule has 3 heteroatoms. The van der Waals surface area contributed by atoms with Gasteiger partial charge in [-0.3, -0.25) is 16.2 Å². The number of hydrazine groups is 1. The second-order valence-electron chi connectivity index (χ2n) is 5.49. The summed E-state index contributed by atoms with van der Waals surface area (Å²) in [6, 6.07) is 8.88. The van der Waals surface area contributed by atoms with Crippen LogP contribution in [0.1, 0.15) is 57.7 Å². The van der Waals surface area contributed by atoms with Crippen molar-refractivity contribution in [3.8, 4) is 0 Å². The van der Waals surface area contributed by atoms with Crippen LogP contribution in [-0.2, 0) is 0 Å². The van der Waals surface area contributed by atoms with E-state index >= 15 is 0 Å². The largest absolute Gasteiger partial charge is 0.296 e. The molecule has 0 saturated carbocycles. The molecule has 0 spiro atoms. The van der Waals surface area contributed by atoms with E-state index in [2.05, 4.69) is 69.2 Å². The highest BCUT2D eigenvalue weighted by Gasteiger charge is 2.40. The standard InChI is InChI=1S/C17H31N3/c1-6-17(7-2,20(8-3)9-4)16(19-18)15-12-10-14(5)11-13-15/h10-13,16,19H,6-9,18H2,1-5H3. The lowest BCUT2D eigenvalue weighted by Crippen LogP contribution is -2.57. The second kappa shape index (κ2) is 7.77. The molecule has 0 aromatic heterocycles.